The molecule has 29 heavy (non-hydrogen) atoms. The second-order valence-electron chi connectivity index (χ2n) is 7.12. The summed E-state index contributed by atoms with van der Waals surface area (Å²) in [5.41, 5.74) is 1.64. The zero-order valence-electron chi connectivity index (χ0n) is 17.0. The molecule has 1 aliphatic heterocycles. The molecule has 0 spiro atoms. The molecule has 0 bridgehead atoms. The Morgan fingerprint density at radius 3 is 2.28 bits per heavy atom. The van der Waals surface area contributed by atoms with Crippen molar-refractivity contribution >= 4 is 11.8 Å². The lowest BCUT2D eigenvalue weighted by Crippen LogP contribution is -2.43. The van der Waals surface area contributed by atoms with Gasteiger partial charge in [0.15, 0.2) is 0 Å². The quantitative estimate of drug-likeness (QED) is 0.781. The highest BCUT2D eigenvalue weighted by atomic mass is 16.5. The van der Waals surface area contributed by atoms with Gasteiger partial charge in [-0.2, -0.15) is 0 Å². The summed E-state index contributed by atoms with van der Waals surface area (Å²) in [6, 6.07) is 15.1. The van der Waals surface area contributed by atoms with Gasteiger partial charge in [0.1, 0.15) is 11.5 Å². The number of hydrogen-bond donors (Lipinski definition) is 1. The molecule has 2 amide bonds. The Morgan fingerprint density at radius 2 is 1.59 bits per heavy atom. The fraction of sp³-hybridized carbons (Fsp3) is 0.391. The van der Waals surface area contributed by atoms with E-state index in [4.69, 9.17) is 9.47 Å². The predicted octanol–water partition coefficient (Wildman–Crippen LogP) is 2.91. The lowest BCUT2D eigenvalue weighted by atomic mass is 9.95. The van der Waals surface area contributed by atoms with E-state index in [0.717, 1.165) is 17.7 Å². The summed E-state index contributed by atoms with van der Waals surface area (Å²) in [5.74, 6) is 1.37. The standard InChI is InChI=1S/C23H28N2O4/c1-28-20-9-5-3-7-17(20)11-14-24-22(26)18-12-15-25(16-13-18)23(27)19-8-4-6-10-21(19)29-2/h3-10,18H,11-16H2,1-2H3,(H,24,26). The van der Waals surface area contributed by atoms with Crippen LogP contribution in [0.3, 0.4) is 0 Å². The monoisotopic (exact) mass is 396 g/mol. The SMILES string of the molecule is COc1ccccc1CCNC(=O)C1CCN(C(=O)c2ccccc2OC)CC1. The van der Waals surface area contributed by atoms with Crippen LogP contribution in [-0.4, -0.2) is 50.6 Å². The molecule has 0 aromatic heterocycles. The number of rotatable bonds is 7. The highest BCUT2D eigenvalue weighted by Gasteiger charge is 2.28. The molecule has 1 heterocycles. The first-order chi connectivity index (χ1) is 14.1. The molecule has 1 aliphatic rings. The minimum Gasteiger partial charge on any atom is -0.496 e. The predicted molar refractivity (Wildman–Crippen MR) is 111 cm³/mol. The summed E-state index contributed by atoms with van der Waals surface area (Å²) in [7, 11) is 3.21. The van der Waals surface area contributed by atoms with Gasteiger partial charge in [0, 0.05) is 25.6 Å². The average molecular weight is 396 g/mol. The van der Waals surface area contributed by atoms with Crippen LogP contribution in [0.1, 0.15) is 28.8 Å². The zero-order valence-corrected chi connectivity index (χ0v) is 17.0. The van der Waals surface area contributed by atoms with Crippen LogP contribution in [0.5, 0.6) is 11.5 Å². The van der Waals surface area contributed by atoms with E-state index in [-0.39, 0.29) is 17.7 Å². The van der Waals surface area contributed by atoms with Crippen molar-refractivity contribution in [2.75, 3.05) is 33.9 Å². The number of likely N-dealkylation sites (tertiary alicyclic amines) is 1. The van der Waals surface area contributed by atoms with Crippen LogP contribution in [0.4, 0.5) is 0 Å². The van der Waals surface area contributed by atoms with Crippen molar-refractivity contribution in [1.29, 1.82) is 0 Å². The second-order valence-corrected chi connectivity index (χ2v) is 7.12. The van der Waals surface area contributed by atoms with Crippen molar-refractivity contribution in [2.24, 2.45) is 5.92 Å². The van der Waals surface area contributed by atoms with Crippen LogP contribution >= 0.6 is 0 Å². The molecule has 2 aromatic rings. The van der Waals surface area contributed by atoms with Crippen LogP contribution in [-0.2, 0) is 11.2 Å². The van der Waals surface area contributed by atoms with E-state index < -0.39 is 0 Å². The third-order valence-electron chi connectivity index (χ3n) is 5.38. The van der Waals surface area contributed by atoms with Crippen LogP contribution in [0, 0.1) is 5.92 Å². The van der Waals surface area contributed by atoms with Gasteiger partial charge in [-0.25, -0.2) is 0 Å². The van der Waals surface area contributed by atoms with E-state index in [1.807, 2.05) is 36.4 Å². The average Bonchev–Trinajstić information content (AvgIpc) is 2.78. The van der Waals surface area contributed by atoms with Crippen molar-refractivity contribution in [3.63, 3.8) is 0 Å². The minimum atomic E-state index is -0.0608. The number of methoxy groups -OCH3 is 2. The summed E-state index contributed by atoms with van der Waals surface area (Å²) in [4.78, 5) is 27.1. The lowest BCUT2D eigenvalue weighted by molar-refractivity contribution is -0.126. The molecule has 0 atom stereocenters. The molecule has 1 saturated heterocycles. The Morgan fingerprint density at radius 1 is 0.966 bits per heavy atom. The van der Waals surface area contributed by atoms with Gasteiger partial charge in [-0.3, -0.25) is 9.59 Å². The van der Waals surface area contributed by atoms with E-state index in [0.29, 0.717) is 43.8 Å². The summed E-state index contributed by atoms with van der Waals surface area (Å²) >= 11 is 0. The first-order valence-electron chi connectivity index (χ1n) is 9.96. The van der Waals surface area contributed by atoms with Crippen LogP contribution in [0.15, 0.2) is 48.5 Å². The molecule has 154 valence electrons. The van der Waals surface area contributed by atoms with Crippen molar-refractivity contribution in [3.8, 4) is 11.5 Å². The van der Waals surface area contributed by atoms with Crippen molar-refractivity contribution in [2.45, 2.75) is 19.3 Å². The third-order valence-corrected chi connectivity index (χ3v) is 5.38. The maximum atomic E-state index is 12.8. The third kappa shape index (κ3) is 5.08. The van der Waals surface area contributed by atoms with Crippen LogP contribution < -0.4 is 14.8 Å². The van der Waals surface area contributed by atoms with E-state index in [2.05, 4.69) is 5.32 Å². The molecule has 2 aromatic carbocycles. The largest absolute Gasteiger partial charge is 0.496 e. The first kappa shape index (κ1) is 20.7. The van der Waals surface area contributed by atoms with E-state index >= 15 is 0 Å². The number of ether oxygens (including phenoxy) is 2. The number of amides is 2. The summed E-state index contributed by atoms with van der Waals surface area (Å²) < 4.78 is 10.6. The fourth-order valence-electron chi connectivity index (χ4n) is 3.71. The van der Waals surface area contributed by atoms with Gasteiger partial charge in [0.2, 0.25) is 5.91 Å². The second kappa shape index (κ2) is 9.96. The molecule has 6 heteroatoms. The lowest BCUT2D eigenvalue weighted by Gasteiger charge is -2.31. The smallest absolute Gasteiger partial charge is 0.257 e. The molecule has 6 nitrogen and oxygen atoms in total. The van der Waals surface area contributed by atoms with Gasteiger partial charge in [-0.15, -0.1) is 0 Å². The van der Waals surface area contributed by atoms with Crippen LogP contribution in [0.25, 0.3) is 0 Å². The molecule has 3 rings (SSSR count). The Bertz CT molecular complexity index is 844. The summed E-state index contributed by atoms with van der Waals surface area (Å²) in [6.45, 7) is 1.71. The minimum absolute atomic E-state index is 0.0440. The number of carbonyl (C=O) groups excluding carboxylic acids is 2. The number of benzene rings is 2. The summed E-state index contributed by atoms with van der Waals surface area (Å²) in [6.07, 6.45) is 2.06. The maximum absolute atomic E-state index is 12.8. The highest BCUT2D eigenvalue weighted by Crippen LogP contribution is 2.24. The Kier molecular flexibility index (Phi) is 7.11. The molecule has 1 N–H and O–H groups in total. The van der Waals surface area contributed by atoms with Gasteiger partial charge in [0.05, 0.1) is 19.8 Å². The van der Waals surface area contributed by atoms with Crippen LogP contribution in [0.2, 0.25) is 0 Å². The van der Waals surface area contributed by atoms with Crippen molar-refractivity contribution < 1.29 is 19.1 Å². The van der Waals surface area contributed by atoms with E-state index in [1.165, 1.54) is 0 Å². The maximum Gasteiger partial charge on any atom is 0.257 e. The molecule has 0 aliphatic carbocycles. The molecule has 0 radical (unpaired) electrons. The first-order valence-corrected chi connectivity index (χ1v) is 9.96. The molecular formula is C23H28N2O4. The molecule has 0 unspecified atom stereocenters. The molecular weight excluding hydrogens is 368 g/mol. The number of nitrogens with one attached hydrogen (secondary N) is 1. The normalized spacial score (nSPS) is 14.3. The molecule has 0 saturated carbocycles. The Hall–Kier alpha value is -3.02. The number of para-hydroxylation sites is 2. The van der Waals surface area contributed by atoms with Crippen molar-refractivity contribution in [1.82, 2.24) is 10.2 Å². The Labute approximate surface area is 171 Å². The number of hydrogen-bond acceptors (Lipinski definition) is 4. The number of carbonyl (C=O) groups is 2. The van der Waals surface area contributed by atoms with Gasteiger partial charge < -0.3 is 19.7 Å². The van der Waals surface area contributed by atoms with E-state index in [1.54, 1.807) is 31.3 Å². The zero-order chi connectivity index (χ0) is 20.6. The topological polar surface area (TPSA) is 67.9 Å². The van der Waals surface area contributed by atoms with Gasteiger partial charge in [-0.1, -0.05) is 30.3 Å². The van der Waals surface area contributed by atoms with Gasteiger partial charge in [-0.05, 0) is 43.0 Å². The summed E-state index contributed by atoms with van der Waals surface area (Å²) in [5, 5.41) is 3.03. The van der Waals surface area contributed by atoms with Gasteiger partial charge in [0.25, 0.3) is 5.91 Å². The van der Waals surface area contributed by atoms with Gasteiger partial charge >= 0.3 is 0 Å². The Balaban J connectivity index is 1.47. The fourth-order valence-corrected chi connectivity index (χ4v) is 3.71. The highest BCUT2D eigenvalue weighted by molar-refractivity contribution is 5.97. The number of nitrogens with zero attached hydrogens (tertiary/aromatic N) is 1. The molecule has 1 fully saturated rings. The van der Waals surface area contributed by atoms with E-state index in [9.17, 15) is 9.59 Å². The van der Waals surface area contributed by atoms with Crippen molar-refractivity contribution in [3.05, 3.63) is 59.7 Å². The number of piperidine rings is 1.